The lowest BCUT2D eigenvalue weighted by molar-refractivity contribution is -0.125. The van der Waals surface area contributed by atoms with E-state index < -0.39 is 0 Å². The van der Waals surface area contributed by atoms with Crippen molar-refractivity contribution < 1.29 is 14.3 Å². The molecule has 2 amide bonds. The molecule has 2 rings (SSSR count). The van der Waals surface area contributed by atoms with Gasteiger partial charge >= 0.3 is 0 Å². The molecule has 1 aromatic carbocycles. The molecule has 15 heavy (non-hydrogen) atoms. The molecule has 0 saturated carbocycles. The molecule has 1 aromatic rings. The molecule has 0 radical (unpaired) electrons. The number of carbonyl (C=O) groups is 2. The summed E-state index contributed by atoms with van der Waals surface area (Å²) in [5.41, 5.74) is 0.846. The molecule has 0 aliphatic carbocycles. The lowest BCUT2D eigenvalue weighted by Gasteiger charge is -2.06. The number of carbonyl (C=O) groups excluding carboxylic acids is 2. The Bertz CT molecular complexity index is 397. The quantitative estimate of drug-likeness (QED) is 0.727. The lowest BCUT2D eigenvalue weighted by Crippen LogP contribution is -2.21. The summed E-state index contributed by atoms with van der Waals surface area (Å²) in [6, 6.07) is 7.18. The predicted octanol–water partition coefficient (Wildman–Crippen LogP) is 0.825. The van der Waals surface area contributed by atoms with Crippen molar-refractivity contribution in [1.82, 2.24) is 5.32 Å². The molecule has 1 aliphatic rings. The largest absolute Gasteiger partial charge is 0.497 e. The fraction of sp³-hybridized carbons (Fsp3) is 0.273. The monoisotopic (exact) mass is 205 g/mol. The summed E-state index contributed by atoms with van der Waals surface area (Å²) in [4.78, 5) is 22.4. The molecule has 1 saturated heterocycles. The van der Waals surface area contributed by atoms with Crippen LogP contribution >= 0.6 is 0 Å². The van der Waals surface area contributed by atoms with Gasteiger partial charge in [0.05, 0.1) is 13.0 Å². The third-order valence-corrected chi connectivity index (χ3v) is 2.49. The molecule has 4 nitrogen and oxygen atoms in total. The average molecular weight is 205 g/mol. The molecule has 78 valence electrons. The fourth-order valence-electron chi connectivity index (χ4n) is 1.66. The fourth-order valence-corrected chi connectivity index (χ4v) is 1.66. The van der Waals surface area contributed by atoms with Crippen molar-refractivity contribution in [3.63, 3.8) is 0 Å². The first-order valence-corrected chi connectivity index (χ1v) is 4.68. The number of hydrogen-bond donors (Lipinski definition) is 1. The topological polar surface area (TPSA) is 55.4 Å². The number of imide groups is 1. The van der Waals surface area contributed by atoms with E-state index in [4.69, 9.17) is 4.74 Å². The Morgan fingerprint density at radius 2 is 1.93 bits per heavy atom. The molecule has 1 N–H and O–H groups in total. The molecule has 1 heterocycles. The third-order valence-electron chi connectivity index (χ3n) is 2.49. The Balaban J connectivity index is 2.22. The summed E-state index contributed by atoms with van der Waals surface area (Å²) < 4.78 is 5.01. The third kappa shape index (κ3) is 1.83. The van der Waals surface area contributed by atoms with Gasteiger partial charge in [-0.1, -0.05) is 12.1 Å². The van der Waals surface area contributed by atoms with Gasteiger partial charge in [-0.3, -0.25) is 14.9 Å². The maximum absolute atomic E-state index is 11.4. The van der Waals surface area contributed by atoms with E-state index in [2.05, 4.69) is 5.32 Å². The van der Waals surface area contributed by atoms with Crippen LogP contribution in [0.25, 0.3) is 0 Å². The van der Waals surface area contributed by atoms with E-state index in [0.29, 0.717) is 0 Å². The van der Waals surface area contributed by atoms with E-state index in [1.807, 2.05) is 12.1 Å². The summed E-state index contributed by atoms with van der Waals surface area (Å²) in [7, 11) is 1.58. The number of benzene rings is 1. The van der Waals surface area contributed by atoms with Crippen LogP contribution in [0.1, 0.15) is 17.9 Å². The zero-order chi connectivity index (χ0) is 10.8. The highest BCUT2D eigenvalue weighted by molar-refractivity contribution is 6.06. The van der Waals surface area contributed by atoms with Gasteiger partial charge in [0.15, 0.2) is 0 Å². The first-order valence-electron chi connectivity index (χ1n) is 4.68. The Labute approximate surface area is 87.2 Å². The van der Waals surface area contributed by atoms with Gasteiger partial charge in [0, 0.05) is 6.42 Å². The highest BCUT2D eigenvalue weighted by Gasteiger charge is 2.31. The number of rotatable bonds is 2. The molecular weight excluding hydrogens is 194 g/mol. The van der Waals surface area contributed by atoms with Crippen molar-refractivity contribution in [3.8, 4) is 5.75 Å². The average Bonchev–Trinajstić information content (AvgIpc) is 2.58. The van der Waals surface area contributed by atoms with E-state index in [1.165, 1.54) is 0 Å². The van der Waals surface area contributed by atoms with E-state index >= 15 is 0 Å². The lowest BCUT2D eigenvalue weighted by atomic mass is 9.98. The van der Waals surface area contributed by atoms with E-state index in [1.54, 1.807) is 19.2 Å². The molecule has 0 aromatic heterocycles. The zero-order valence-electron chi connectivity index (χ0n) is 8.32. The Morgan fingerprint density at radius 1 is 1.27 bits per heavy atom. The summed E-state index contributed by atoms with van der Waals surface area (Å²) in [6.07, 6.45) is 0.241. The minimum Gasteiger partial charge on any atom is -0.497 e. The zero-order valence-corrected chi connectivity index (χ0v) is 8.32. The van der Waals surface area contributed by atoms with Crippen molar-refractivity contribution in [2.75, 3.05) is 7.11 Å². The minimum atomic E-state index is -0.344. The van der Waals surface area contributed by atoms with Crippen LogP contribution in [0.5, 0.6) is 5.75 Å². The first-order chi connectivity index (χ1) is 7.20. The summed E-state index contributed by atoms with van der Waals surface area (Å²) in [6.45, 7) is 0. The Morgan fingerprint density at radius 3 is 2.40 bits per heavy atom. The van der Waals surface area contributed by atoms with Gasteiger partial charge in [-0.2, -0.15) is 0 Å². The van der Waals surface area contributed by atoms with Crippen LogP contribution in [0.2, 0.25) is 0 Å². The van der Waals surface area contributed by atoms with Crippen molar-refractivity contribution in [2.24, 2.45) is 0 Å². The van der Waals surface area contributed by atoms with Crippen LogP contribution in [0.4, 0.5) is 0 Å². The molecule has 1 aliphatic heterocycles. The number of amides is 2. The summed E-state index contributed by atoms with van der Waals surface area (Å²) in [5, 5.41) is 2.28. The second-order valence-corrected chi connectivity index (χ2v) is 3.44. The minimum absolute atomic E-state index is 0.208. The summed E-state index contributed by atoms with van der Waals surface area (Å²) >= 11 is 0. The van der Waals surface area contributed by atoms with Crippen molar-refractivity contribution in [1.29, 1.82) is 0 Å². The molecule has 0 spiro atoms. The van der Waals surface area contributed by atoms with Crippen LogP contribution in [0, 0.1) is 0 Å². The normalized spacial score (nSPS) is 20.2. The smallest absolute Gasteiger partial charge is 0.234 e. The SMILES string of the molecule is COc1ccc([C@@H]2CC(=O)NC2=O)cc1. The Kier molecular flexibility index (Phi) is 2.41. The van der Waals surface area contributed by atoms with Gasteiger partial charge in [-0.15, -0.1) is 0 Å². The molecule has 1 fully saturated rings. The maximum atomic E-state index is 11.4. The van der Waals surface area contributed by atoms with Crippen molar-refractivity contribution >= 4 is 11.8 Å². The molecule has 0 unspecified atom stereocenters. The number of methoxy groups -OCH3 is 1. The van der Waals surface area contributed by atoms with Gasteiger partial charge in [0.25, 0.3) is 0 Å². The molecule has 4 heteroatoms. The maximum Gasteiger partial charge on any atom is 0.234 e. The number of hydrogen-bond acceptors (Lipinski definition) is 3. The highest BCUT2D eigenvalue weighted by Crippen LogP contribution is 2.25. The van der Waals surface area contributed by atoms with Crippen LogP contribution in [0.15, 0.2) is 24.3 Å². The van der Waals surface area contributed by atoms with Crippen LogP contribution in [-0.4, -0.2) is 18.9 Å². The first kappa shape index (κ1) is 9.71. The van der Waals surface area contributed by atoms with Gasteiger partial charge in [-0.05, 0) is 17.7 Å². The second kappa shape index (κ2) is 3.73. The summed E-state index contributed by atoms with van der Waals surface area (Å²) in [5.74, 6) is -0.0297. The predicted molar refractivity (Wildman–Crippen MR) is 53.5 cm³/mol. The van der Waals surface area contributed by atoms with Gasteiger partial charge in [-0.25, -0.2) is 0 Å². The molecule has 1 atom stereocenters. The van der Waals surface area contributed by atoms with E-state index in [0.717, 1.165) is 11.3 Å². The van der Waals surface area contributed by atoms with Crippen molar-refractivity contribution in [2.45, 2.75) is 12.3 Å². The van der Waals surface area contributed by atoms with Gasteiger partial charge in [0.1, 0.15) is 5.75 Å². The number of ether oxygens (including phenoxy) is 1. The van der Waals surface area contributed by atoms with Crippen LogP contribution < -0.4 is 10.1 Å². The van der Waals surface area contributed by atoms with E-state index in [9.17, 15) is 9.59 Å². The molecular formula is C11H11NO3. The number of nitrogens with one attached hydrogen (secondary N) is 1. The van der Waals surface area contributed by atoms with Gasteiger partial charge < -0.3 is 4.74 Å². The molecule has 0 bridgehead atoms. The Hall–Kier alpha value is -1.84. The standard InChI is InChI=1S/C11H11NO3/c1-15-8-4-2-7(3-5-8)9-6-10(13)12-11(9)14/h2-5,9H,6H2,1H3,(H,12,13,14)/t9-/m0/s1. The van der Waals surface area contributed by atoms with Crippen LogP contribution in [0.3, 0.4) is 0 Å². The second-order valence-electron chi connectivity index (χ2n) is 3.44. The van der Waals surface area contributed by atoms with Crippen molar-refractivity contribution in [3.05, 3.63) is 29.8 Å². The van der Waals surface area contributed by atoms with Crippen LogP contribution in [-0.2, 0) is 9.59 Å². The van der Waals surface area contributed by atoms with Gasteiger partial charge in [0.2, 0.25) is 11.8 Å². The van der Waals surface area contributed by atoms with E-state index in [-0.39, 0.29) is 24.2 Å². The highest BCUT2D eigenvalue weighted by atomic mass is 16.5.